The number of piperazine rings is 1. The van der Waals surface area contributed by atoms with Gasteiger partial charge < -0.3 is 15.1 Å². The van der Waals surface area contributed by atoms with Crippen LogP contribution in [0, 0.1) is 6.92 Å². The standard InChI is InChI=1S/C20H23N7O/c1-15-14-25(18-8-4-3-5-9-18)11-12-26(15)20(28)21-17-7-6-10-19(13-17)27-16(2)22-23-24-27/h3-10,13,15H,11-12,14H2,1-2H3,(H,21,28)/t15-/m1/s1. The molecule has 1 saturated heterocycles. The Morgan fingerprint density at radius 2 is 1.86 bits per heavy atom. The third-order valence-corrected chi connectivity index (χ3v) is 4.98. The first-order chi connectivity index (χ1) is 13.6. The molecule has 1 aliphatic heterocycles. The Balaban J connectivity index is 1.43. The number of carbonyl (C=O) groups is 1. The molecule has 1 aromatic heterocycles. The van der Waals surface area contributed by atoms with Crippen molar-refractivity contribution < 1.29 is 4.79 Å². The van der Waals surface area contributed by atoms with Gasteiger partial charge in [0.25, 0.3) is 0 Å². The number of rotatable bonds is 3. The van der Waals surface area contributed by atoms with Crippen molar-refractivity contribution in [3.63, 3.8) is 0 Å². The summed E-state index contributed by atoms with van der Waals surface area (Å²) in [5, 5.41) is 14.5. The van der Waals surface area contributed by atoms with Crippen LogP contribution in [-0.4, -0.2) is 56.8 Å². The third-order valence-electron chi connectivity index (χ3n) is 4.98. The van der Waals surface area contributed by atoms with Crippen LogP contribution < -0.4 is 10.2 Å². The number of tetrazole rings is 1. The summed E-state index contributed by atoms with van der Waals surface area (Å²) in [6.07, 6.45) is 0. The number of anilines is 2. The molecule has 4 rings (SSSR count). The molecule has 0 saturated carbocycles. The van der Waals surface area contributed by atoms with Crippen molar-refractivity contribution in [2.75, 3.05) is 29.9 Å². The average Bonchev–Trinajstić information content (AvgIpc) is 3.14. The predicted octanol–water partition coefficient (Wildman–Crippen LogP) is 2.71. The molecular weight excluding hydrogens is 354 g/mol. The fourth-order valence-corrected chi connectivity index (χ4v) is 3.51. The van der Waals surface area contributed by atoms with E-state index in [1.54, 1.807) is 4.68 Å². The van der Waals surface area contributed by atoms with Gasteiger partial charge in [-0.25, -0.2) is 4.79 Å². The van der Waals surface area contributed by atoms with Crippen molar-refractivity contribution in [3.8, 4) is 5.69 Å². The lowest BCUT2D eigenvalue weighted by Crippen LogP contribution is -2.55. The number of nitrogens with one attached hydrogen (secondary N) is 1. The lowest BCUT2D eigenvalue weighted by atomic mass is 10.1. The molecule has 1 atom stereocenters. The molecule has 2 heterocycles. The number of benzene rings is 2. The molecule has 0 radical (unpaired) electrons. The molecule has 8 nitrogen and oxygen atoms in total. The summed E-state index contributed by atoms with van der Waals surface area (Å²) in [7, 11) is 0. The summed E-state index contributed by atoms with van der Waals surface area (Å²) in [6, 6.07) is 17.8. The molecule has 144 valence electrons. The number of amides is 2. The Morgan fingerprint density at radius 3 is 2.57 bits per heavy atom. The third kappa shape index (κ3) is 3.66. The molecule has 1 aliphatic rings. The highest BCUT2D eigenvalue weighted by Crippen LogP contribution is 2.20. The van der Waals surface area contributed by atoms with Crippen molar-refractivity contribution >= 4 is 17.4 Å². The van der Waals surface area contributed by atoms with Crippen molar-refractivity contribution in [3.05, 3.63) is 60.4 Å². The van der Waals surface area contributed by atoms with Crippen LogP contribution in [-0.2, 0) is 0 Å². The van der Waals surface area contributed by atoms with Gasteiger partial charge >= 0.3 is 6.03 Å². The number of nitrogens with zero attached hydrogens (tertiary/aromatic N) is 6. The van der Waals surface area contributed by atoms with Gasteiger partial charge in [-0.3, -0.25) is 0 Å². The largest absolute Gasteiger partial charge is 0.368 e. The van der Waals surface area contributed by atoms with Crippen LogP contribution in [0.1, 0.15) is 12.7 Å². The Labute approximate surface area is 163 Å². The molecule has 28 heavy (non-hydrogen) atoms. The lowest BCUT2D eigenvalue weighted by molar-refractivity contribution is 0.185. The zero-order valence-electron chi connectivity index (χ0n) is 16.0. The van der Waals surface area contributed by atoms with E-state index in [1.807, 2.05) is 54.3 Å². The number of hydrogen-bond acceptors (Lipinski definition) is 5. The topological polar surface area (TPSA) is 79.2 Å². The number of urea groups is 1. The van der Waals surface area contributed by atoms with Gasteiger partial charge in [-0.2, -0.15) is 4.68 Å². The maximum atomic E-state index is 12.8. The fourth-order valence-electron chi connectivity index (χ4n) is 3.51. The maximum absolute atomic E-state index is 12.8. The van der Waals surface area contributed by atoms with Gasteiger partial charge in [-0.05, 0) is 54.6 Å². The van der Waals surface area contributed by atoms with Gasteiger partial charge in [0.05, 0.1) is 5.69 Å². The second-order valence-corrected chi connectivity index (χ2v) is 6.94. The van der Waals surface area contributed by atoms with Crippen LogP contribution in [0.2, 0.25) is 0 Å². The summed E-state index contributed by atoms with van der Waals surface area (Å²) in [4.78, 5) is 17.0. The predicted molar refractivity (Wildman–Crippen MR) is 108 cm³/mol. The van der Waals surface area contributed by atoms with Gasteiger partial charge in [0.2, 0.25) is 0 Å². The van der Waals surface area contributed by atoms with E-state index in [0.29, 0.717) is 12.4 Å². The maximum Gasteiger partial charge on any atom is 0.322 e. The van der Waals surface area contributed by atoms with Crippen molar-refractivity contribution in [2.24, 2.45) is 0 Å². The zero-order valence-corrected chi connectivity index (χ0v) is 16.0. The first-order valence-corrected chi connectivity index (χ1v) is 9.35. The summed E-state index contributed by atoms with van der Waals surface area (Å²) >= 11 is 0. The highest BCUT2D eigenvalue weighted by molar-refractivity contribution is 5.90. The van der Waals surface area contributed by atoms with Crippen LogP contribution in [0.4, 0.5) is 16.2 Å². The van der Waals surface area contributed by atoms with Crippen molar-refractivity contribution in [1.82, 2.24) is 25.1 Å². The number of para-hydroxylation sites is 1. The van der Waals surface area contributed by atoms with Gasteiger partial charge in [0.15, 0.2) is 5.82 Å². The van der Waals surface area contributed by atoms with E-state index >= 15 is 0 Å². The van der Waals surface area contributed by atoms with Crippen molar-refractivity contribution in [2.45, 2.75) is 19.9 Å². The van der Waals surface area contributed by atoms with E-state index in [4.69, 9.17) is 0 Å². The molecule has 2 aromatic carbocycles. The quantitative estimate of drug-likeness (QED) is 0.759. The molecule has 1 N–H and O–H groups in total. The van der Waals surface area contributed by atoms with Gasteiger partial charge in [-0.15, -0.1) is 5.10 Å². The zero-order chi connectivity index (χ0) is 19.5. The average molecular weight is 377 g/mol. The molecule has 0 spiro atoms. The lowest BCUT2D eigenvalue weighted by Gasteiger charge is -2.40. The molecule has 0 bridgehead atoms. The van der Waals surface area contributed by atoms with Crippen molar-refractivity contribution in [1.29, 1.82) is 0 Å². The fraction of sp³-hybridized carbons (Fsp3) is 0.300. The molecule has 0 unspecified atom stereocenters. The van der Waals surface area contributed by atoms with E-state index in [2.05, 4.69) is 44.8 Å². The van der Waals surface area contributed by atoms with Crippen LogP contribution in [0.25, 0.3) is 5.69 Å². The summed E-state index contributed by atoms with van der Waals surface area (Å²) in [5.74, 6) is 0.689. The van der Waals surface area contributed by atoms with E-state index in [0.717, 1.165) is 24.5 Å². The first-order valence-electron chi connectivity index (χ1n) is 9.35. The van der Waals surface area contributed by atoms with E-state index in [-0.39, 0.29) is 12.1 Å². The Morgan fingerprint density at radius 1 is 1.07 bits per heavy atom. The first kappa shape index (κ1) is 18.0. The minimum absolute atomic E-state index is 0.0919. The minimum Gasteiger partial charge on any atom is -0.368 e. The molecular formula is C20H23N7O. The molecule has 2 amide bonds. The molecule has 3 aromatic rings. The van der Waals surface area contributed by atoms with Gasteiger partial charge in [-0.1, -0.05) is 24.3 Å². The van der Waals surface area contributed by atoms with Gasteiger partial charge in [0.1, 0.15) is 0 Å². The van der Waals surface area contributed by atoms with Crippen LogP contribution in [0.15, 0.2) is 54.6 Å². The SMILES string of the molecule is Cc1nnnn1-c1cccc(NC(=O)N2CCN(c3ccccc3)C[C@H]2C)c1. The second-order valence-electron chi connectivity index (χ2n) is 6.94. The summed E-state index contributed by atoms with van der Waals surface area (Å²) in [5.41, 5.74) is 2.72. The Kier molecular flexibility index (Phi) is 4.92. The van der Waals surface area contributed by atoms with E-state index < -0.39 is 0 Å². The smallest absolute Gasteiger partial charge is 0.322 e. The highest BCUT2D eigenvalue weighted by atomic mass is 16.2. The number of aromatic nitrogens is 4. The highest BCUT2D eigenvalue weighted by Gasteiger charge is 2.27. The second kappa shape index (κ2) is 7.67. The van der Waals surface area contributed by atoms with Crippen LogP contribution >= 0.6 is 0 Å². The Bertz CT molecular complexity index is 956. The monoisotopic (exact) mass is 377 g/mol. The Hall–Kier alpha value is -3.42. The normalized spacial score (nSPS) is 16.9. The number of aryl methyl sites for hydroxylation is 1. The van der Waals surface area contributed by atoms with Gasteiger partial charge in [0, 0.05) is 37.1 Å². The van der Waals surface area contributed by atoms with E-state index in [1.165, 1.54) is 5.69 Å². The number of carbonyl (C=O) groups excluding carboxylic acids is 1. The molecule has 8 heteroatoms. The van der Waals surface area contributed by atoms with Crippen LogP contribution in [0.3, 0.4) is 0 Å². The molecule has 0 aliphatic carbocycles. The minimum atomic E-state index is -0.0919. The molecule has 1 fully saturated rings. The van der Waals surface area contributed by atoms with Crippen LogP contribution in [0.5, 0.6) is 0 Å². The number of hydrogen-bond donors (Lipinski definition) is 1. The summed E-state index contributed by atoms with van der Waals surface area (Å²) < 4.78 is 1.64. The summed E-state index contributed by atoms with van der Waals surface area (Å²) in [6.45, 7) is 6.20. The van der Waals surface area contributed by atoms with E-state index in [9.17, 15) is 4.79 Å².